The molecule has 3 amide bonds. The number of nitrogens with one attached hydrogen (secondary N) is 6. The number of ether oxygens (including phenoxy) is 13. The van der Waals surface area contributed by atoms with Gasteiger partial charge in [0.2, 0.25) is 30.4 Å². The first-order valence-corrected chi connectivity index (χ1v) is 28.1. The largest absolute Gasteiger partial charge is 0.463 e. The number of aliphatic hydroxyl groups excluding tert-OH is 1. The molecule has 0 radical (unpaired) electrons. The van der Waals surface area contributed by atoms with Gasteiger partial charge in [0.05, 0.1) is 13.2 Å². The van der Waals surface area contributed by atoms with Crippen LogP contribution in [0, 0.1) is 0 Å². The van der Waals surface area contributed by atoms with Crippen LogP contribution in [0.1, 0.15) is 102 Å². The van der Waals surface area contributed by atoms with Crippen LogP contribution in [0.3, 0.4) is 0 Å². The van der Waals surface area contributed by atoms with Gasteiger partial charge < -0.3 is 88.0 Å². The molecule has 0 aromatic rings. The number of hydrogen-bond donors (Lipinski definition) is 7. The van der Waals surface area contributed by atoms with Gasteiger partial charge in [0, 0.05) is 109 Å². The molecule has 500 valence electrons. The summed E-state index contributed by atoms with van der Waals surface area (Å²) in [6.07, 6.45) is -16.0. The van der Waals surface area contributed by atoms with Gasteiger partial charge in [-0.15, -0.1) is 0 Å². The fourth-order valence-electron chi connectivity index (χ4n) is 9.44. The standard InChI is InChI=1S/C53H85N7O28/c1-27(61)57-42-47(82-36(10)70)44(79-33(7)67)40(23-75-31(5)65)85-50(42)87-52(73)55-18-13-16-54-17-14-20-60(88-51-43(58-28(2)62)48(83-37(11)71)45(80-34(8)68)41(86-51)24-76-32(6)66)21-15-19-56-78-26-53(59-29(3)63)25-77-39(22-74-30(4)64)46(81-35(9)69)49(53)84-38(12)72/h39-52,54-56,73H,13-26H2,1-12H3,(H,57,61)(H,58,62)(H,59,63)/t39?,40?,41?,42?,43?,44-,45-,46-,47?,48?,49?,50-,51-,52?,53?/m0/s1. The minimum atomic E-state index is -1.75. The summed E-state index contributed by atoms with van der Waals surface area (Å²) in [5, 5.41) is 26.3. The maximum atomic E-state index is 12.7. The van der Waals surface area contributed by atoms with Crippen LogP contribution in [0.25, 0.3) is 0 Å². The Morgan fingerprint density at radius 2 is 0.932 bits per heavy atom. The summed E-state index contributed by atoms with van der Waals surface area (Å²) in [7, 11) is 0. The normalized spacial score (nSPS) is 27.0. The first kappa shape index (κ1) is 75.4. The van der Waals surface area contributed by atoms with E-state index in [1.807, 2.05) is 0 Å². The molecular formula is C53H85N7O28. The lowest BCUT2D eigenvalue weighted by Gasteiger charge is -2.48. The molecule has 0 aromatic carbocycles. The van der Waals surface area contributed by atoms with E-state index < -0.39 is 189 Å². The van der Waals surface area contributed by atoms with Crippen LogP contribution in [-0.2, 0) is 129 Å². The summed E-state index contributed by atoms with van der Waals surface area (Å²) >= 11 is 0. The van der Waals surface area contributed by atoms with Crippen LogP contribution in [0.15, 0.2) is 0 Å². The van der Waals surface area contributed by atoms with Gasteiger partial charge >= 0.3 is 53.7 Å². The molecule has 7 N–H and O–H groups in total. The second-order valence-corrected chi connectivity index (χ2v) is 20.5. The van der Waals surface area contributed by atoms with E-state index in [1.165, 1.54) is 18.9 Å². The molecule has 3 aliphatic rings. The summed E-state index contributed by atoms with van der Waals surface area (Å²) in [5.41, 5.74) is 1.11. The zero-order valence-electron chi connectivity index (χ0n) is 51.4. The molecule has 3 heterocycles. The van der Waals surface area contributed by atoms with Crippen molar-refractivity contribution in [1.29, 1.82) is 0 Å². The average Bonchev–Trinajstić information content (AvgIpc) is 0.831. The molecule has 0 aromatic heterocycles. The van der Waals surface area contributed by atoms with Gasteiger partial charge in [-0.05, 0) is 32.4 Å². The average molecular weight is 1270 g/mol. The van der Waals surface area contributed by atoms with Crippen molar-refractivity contribution in [2.75, 3.05) is 72.3 Å². The van der Waals surface area contributed by atoms with E-state index in [2.05, 4.69) is 32.1 Å². The van der Waals surface area contributed by atoms with E-state index in [-0.39, 0.29) is 39.2 Å². The third kappa shape index (κ3) is 26.9. The van der Waals surface area contributed by atoms with Crippen LogP contribution >= 0.6 is 0 Å². The van der Waals surface area contributed by atoms with Crippen molar-refractivity contribution in [3.63, 3.8) is 0 Å². The van der Waals surface area contributed by atoms with Gasteiger partial charge in [-0.25, -0.2) is 5.48 Å². The van der Waals surface area contributed by atoms with E-state index in [0.29, 0.717) is 25.9 Å². The highest BCUT2D eigenvalue weighted by Gasteiger charge is 2.57. The molecule has 35 nitrogen and oxygen atoms in total. The van der Waals surface area contributed by atoms with Crippen molar-refractivity contribution in [3.8, 4) is 0 Å². The second-order valence-electron chi connectivity index (χ2n) is 20.5. The lowest BCUT2D eigenvalue weighted by atomic mass is 9.84. The number of amides is 3. The van der Waals surface area contributed by atoms with Gasteiger partial charge in [0.25, 0.3) is 0 Å². The molecule has 10 unspecified atom stereocenters. The van der Waals surface area contributed by atoms with Gasteiger partial charge in [-0.2, -0.15) is 5.06 Å². The Hall–Kier alpha value is -6.80. The van der Waals surface area contributed by atoms with Crippen molar-refractivity contribution in [1.82, 2.24) is 37.1 Å². The van der Waals surface area contributed by atoms with Gasteiger partial charge in [-0.1, -0.05) is 0 Å². The SMILES string of the molecule is CC(=O)NC1C(OC(C)=O)[C@@H](OC(C)=O)C(COC(C)=O)O[C@H]1OC(O)NCCCNCCCN(CCCNOCC1(NC(C)=O)COC(COC(C)=O)[C@H](OC(C)=O)C1OC(C)=O)O[C@@H]1OC(COC(C)=O)[C@H](OC(C)=O)C(OC(C)=O)C1NC(C)=O. The van der Waals surface area contributed by atoms with Crippen LogP contribution < -0.4 is 32.1 Å². The van der Waals surface area contributed by atoms with Gasteiger partial charge in [-0.3, -0.25) is 72.5 Å². The lowest BCUT2D eigenvalue weighted by molar-refractivity contribution is -0.341. The molecule has 0 bridgehead atoms. The van der Waals surface area contributed by atoms with E-state index in [4.69, 9.17) is 71.3 Å². The highest BCUT2D eigenvalue weighted by Crippen LogP contribution is 2.33. The molecule has 3 rings (SSSR count). The maximum Gasteiger partial charge on any atom is 0.303 e. The first-order valence-electron chi connectivity index (χ1n) is 28.1. The van der Waals surface area contributed by atoms with Crippen molar-refractivity contribution < 1.29 is 134 Å². The number of hydroxylamine groups is 3. The van der Waals surface area contributed by atoms with Gasteiger partial charge in [0.1, 0.15) is 55.8 Å². The number of aliphatic hydroxyl groups is 1. The quantitative estimate of drug-likeness (QED) is 0.0106. The Morgan fingerprint density at radius 3 is 1.40 bits per heavy atom. The Bertz CT molecular complexity index is 2370. The second kappa shape index (κ2) is 37.9. The molecule has 15 atom stereocenters. The van der Waals surface area contributed by atoms with Crippen molar-refractivity contribution in [2.24, 2.45) is 0 Å². The minimum Gasteiger partial charge on any atom is -0.463 e. The predicted octanol–water partition coefficient (Wildman–Crippen LogP) is -3.60. The maximum absolute atomic E-state index is 12.7. The smallest absolute Gasteiger partial charge is 0.303 e. The third-order valence-electron chi connectivity index (χ3n) is 12.6. The highest BCUT2D eigenvalue weighted by atomic mass is 16.8. The fraction of sp³-hybridized carbons (Fsp3) is 0.774. The number of carbonyl (C=O) groups excluding carboxylic acids is 12. The Balaban J connectivity index is 1.81. The highest BCUT2D eigenvalue weighted by molar-refractivity contribution is 5.75. The molecule has 35 heteroatoms. The Kier molecular flexibility index (Phi) is 32.5. The number of esters is 9. The molecule has 3 fully saturated rings. The van der Waals surface area contributed by atoms with E-state index in [9.17, 15) is 62.6 Å². The lowest BCUT2D eigenvalue weighted by Crippen LogP contribution is -2.72. The molecule has 0 spiro atoms. The first-order chi connectivity index (χ1) is 41.4. The monoisotopic (exact) mass is 1270 g/mol. The predicted molar refractivity (Wildman–Crippen MR) is 290 cm³/mol. The summed E-state index contributed by atoms with van der Waals surface area (Å²) in [6.45, 7) is 12.4. The summed E-state index contributed by atoms with van der Waals surface area (Å²) in [6, 6.07) is -2.67. The number of carbonyl (C=O) groups is 12. The van der Waals surface area contributed by atoms with Crippen molar-refractivity contribution in [3.05, 3.63) is 0 Å². The minimum absolute atomic E-state index is 0.0515. The molecule has 0 saturated carbocycles. The number of hydrogen-bond acceptors (Lipinski definition) is 32. The zero-order valence-corrected chi connectivity index (χ0v) is 51.4. The van der Waals surface area contributed by atoms with E-state index >= 15 is 0 Å². The van der Waals surface area contributed by atoms with Crippen molar-refractivity contribution >= 4 is 71.4 Å². The molecule has 0 aliphatic carbocycles. The van der Waals surface area contributed by atoms with Crippen LogP contribution in [0.2, 0.25) is 0 Å². The molecule has 88 heavy (non-hydrogen) atoms. The molecular weight excluding hydrogens is 1180 g/mol. The third-order valence-corrected chi connectivity index (χ3v) is 12.6. The van der Waals surface area contributed by atoms with Gasteiger partial charge in [0.15, 0.2) is 42.9 Å². The number of rotatable bonds is 35. The van der Waals surface area contributed by atoms with E-state index in [1.54, 1.807) is 0 Å². The summed E-state index contributed by atoms with van der Waals surface area (Å²) in [5.74, 6) is -8.85. The van der Waals surface area contributed by atoms with Crippen molar-refractivity contribution in [2.45, 2.75) is 194 Å². The molecule has 3 saturated heterocycles. The Morgan fingerprint density at radius 1 is 0.500 bits per heavy atom. The fourth-order valence-corrected chi connectivity index (χ4v) is 9.44. The Labute approximate surface area is 507 Å². The zero-order chi connectivity index (χ0) is 65.8. The van der Waals surface area contributed by atoms with E-state index in [0.717, 1.165) is 69.2 Å². The van der Waals surface area contributed by atoms with Crippen LogP contribution in [0.4, 0.5) is 0 Å². The summed E-state index contributed by atoms with van der Waals surface area (Å²) < 4.78 is 72.5. The topological polar surface area (TPSA) is 439 Å². The van der Waals surface area contributed by atoms with Crippen LogP contribution in [-0.4, -0.2) is 245 Å². The number of nitrogens with zero attached hydrogens (tertiary/aromatic N) is 1. The summed E-state index contributed by atoms with van der Waals surface area (Å²) in [4.78, 5) is 160. The molecule has 3 aliphatic heterocycles. The van der Waals surface area contributed by atoms with Crippen LogP contribution in [0.5, 0.6) is 0 Å².